The standard InChI is InChI=1S/C17H23NO/c1-17(2)13-16(9-11-19-17)15(8-10-18)12-14-6-4-3-5-7-14/h3-7,15-16H,8-9,11-13H2,1-2H3. The van der Waals surface area contributed by atoms with Gasteiger partial charge in [0.25, 0.3) is 0 Å². The molecule has 2 unspecified atom stereocenters. The Hall–Kier alpha value is -1.33. The summed E-state index contributed by atoms with van der Waals surface area (Å²) >= 11 is 0. The fourth-order valence-corrected chi connectivity index (χ4v) is 3.12. The van der Waals surface area contributed by atoms with Gasteiger partial charge in [0.05, 0.1) is 11.7 Å². The van der Waals surface area contributed by atoms with Crippen LogP contribution < -0.4 is 0 Å². The van der Waals surface area contributed by atoms with E-state index >= 15 is 0 Å². The molecule has 2 atom stereocenters. The molecule has 0 saturated carbocycles. The fraction of sp³-hybridized carbons (Fsp3) is 0.588. The molecule has 1 aliphatic rings. The van der Waals surface area contributed by atoms with Crippen LogP contribution in [0, 0.1) is 23.2 Å². The Morgan fingerprint density at radius 3 is 2.74 bits per heavy atom. The van der Waals surface area contributed by atoms with Crippen molar-refractivity contribution in [1.29, 1.82) is 5.26 Å². The van der Waals surface area contributed by atoms with Crippen molar-refractivity contribution in [2.24, 2.45) is 11.8 Å². The first-order valence-corrected chi connectivity index (χ1v) is 7.15. The minimum Gasteiger partial charge on any atom is -0.376 e. The van der Waals surface area contributed by atoms with Gasteiger partial charge in [-0.2, -0.15) is 5.26 Å². The molecular formula is C17H23NO. The van der Waals surface area contributed by atoms with Gasteiger partial charge >= 0.3 is 0 Å². The van der Waals surface area contributed by atoms with Crippen LogP contribution in [0.3, 0.4) is 0 Å². The molecule has 2 nitrogen and oxygen atoms in total. The third-order valence-electron chi connectivity index (χ3n) is 4.10. The summed E-state index contributed by atoms with van der Waals surface area (Å²) in [6, 6.07) is 12.9. The molecule has 1 saturated heterocycles. The van der Waals surface area contributed by atoms with Crippen molar-refractivity contribution in [3.05, 3.63) is 35.9 Å². The summed E-state index contributed by atoms with van der Waals surface area (Å²) in [5.74, 6) is 1.05. The Bertz CT molecular complexity index is 432. The van der Waals surface area contributed by atoms with Gasteiger partial charge in [-0.25, -0.2) is 0 Å². The number of nitriles is 1. The van der Waals surface area contributed by atoms with E-state index in [0.29, 0.717) is 18.3 Å². The Morgan fingerprint density at radius 1 is 1.37 bits per heavy atom. The van der Waals surface area contributed by atoms with Crippen LogP contribution in [0.1, 0.15) is 38.7 Å². The van der Waals surface area contributed by atoms with Gasteiger partial charge in [0.2, 0.25) is 0 Å². The van der Waals surface area contributed by atoms with Gasteiger partial charge in [0.1, 0.15) is 0 Å². The Balaban J connectivity index is 2.05. The van der Waals surface area contributed by atoms with Crippen LogP contribution in [-0.2, 0) is 11.2 Å². The van der Waals surface area contributed by atoms with E-state index in [4.69, 9.17) is 10.00 Å². The van der Waals surface area contributed by atoms with Gasteiger partial charge in [-0.05, 0) is 50.5 Å². The van der Waals surface area contributed by atoms with Crippen LogP contribution in [0.25, 0.3) is 0 Å². The van der Waals surface area contributed by atoms with Gasteiger partial charge in [0, 0.05) is 13.0 Å². The predicted octanol–water partition coefficient (Wildman–Crippen LogP) is 3.96. The second-order valence-electron chi connectivity index (χ2n) is 6.17. The molecule has 19 heavy (non-hydrogen) atoms. The van der Waals surface area contributed by atoms with E-state index in [1.807, 2.05) is 6.07 Å². The Kier molecular flexibility index (Phi) is 4.61. The summed E-state index contributed by atoms with van der Waals surface area (Å²) in [4.78, 5) is 0. The highest BCUT2D eigenvalue weighted by Gasteiger charge is 2.33. The molecule has 102 valence electrons. The van der Waals surface area contributed by atoms with Crippen LogP contribution >= 0.6 is 0 Å². The monoisotopic (exact) mass is 257 g/mol. The molecule has 2 heteroatoms. The maximum Gasteiger partial charge on any atom is 0.0629 e. The van der Waals surface area contributed by atoms with Gasteiger partial charge in [0.15, 0.2) is 0 Å². The van der Waals surface area contributed by atoms with Crippen molar-refractivity contribution in [2.75, 3.05) is 6.61 Å². The largest absolute Gasteiger partial charge is 0.376 e. The lowest BCUT2D eigenvalue weighted by Gasteiger charge is -2.38. The van der Waals surface area contributed by atoms with E-state index in [1.54, 1.807) is 0 Å². The minimum atomic E-state index is -0.0344. The average Bonchev–Trinajstić information content (AvgIpc) is 2.38. The second kappa shape index (κ2) is 6.21. The number of hydrogen-bond acceptors (Lipinski definition) is 2. The van der Waals surface area contributed by atoms with Gasteiger partial charge in [-0.1, -0.05) is 30.3 Å². The summed E-state index contributed by atoms with van der Waals surface area (Å²) in [6.07, 6.45) is 3.81. The third kappa shape index (κ3) is 4.08. The molecule has 2 rings (SSSR count). The molecule has 0 bridgehead atoms. The van der Waals surface area contributed by atoms with E-state index < -0.39 is 0 Å². The number of benzene rings is 1. The molecule has 0 radical (unpaired) electrons. The lowest BCUT2D eigenvalue weighted by Crippen LogP contribution is -2.37. The number of nitrogens with zero attached hydrogens (tertiary/aromatic N) is 1. The zero-order chi connectivity index (χ0) is 13.7. The van der Waals surface area contributed by atoms with Gasteiger partial charge < -0.3 is 4.74 Å². The molecule has 0 aromatic heterocycles. The van der Waals surface area contributed by atoms with Crippen LogP contribution in [-0.4, -0.2) is 12.2 Å². The molecule has 1 heterocycles. The lowest BCUT2D eigenvalue weighted by atomic mass is 9.76. The van der Waals surface area contributed by atoms with Crippen molar-refractivity contribution in [3.63, 3.8) is 0 Å². The second-order valence-corrected chi connectivity index (χ2v) is 6.17. The highest BCUT2D eigenvalue weighted by atomic mass is 16.5. The predicted molar refractivity (Wildman–Crippen MR) is 76.6 cm³/mol. The molecule has 0 aliphatic carbocycles. The molecular weight excluding hydrogens is 234 g/mol. The normalized spacial score (nSPS) is 23.5. The molecule has 0 amide bonds. The third-order valence-corrected chi connectivity index (χ3v) is 4.10. The summed E-state index contributed by atoms with van der Waals surface area (Å²) < 4.78 is 5.79. The zero-order valence-corrected chi connectivity index (χ0v) is 11.9. The average molecular weight is 257 g/mol. The SMILES string of the molecule is CC1(C)CC(C(CC#N)Cc2ccccc2)CCO1. The first kappa shape index (κ1) is 14.1. The molecule has 1 aromatic rings. The zero-order valence-electron chi connectivity index (χ0n) is 11.9. The van der Waals surface area contributed by atoms with Crippen LogP contribution in [0.5, 0.6) is 0 Å². The molecule has 0 N–H and O–H groups in total. The van der Waals surface area contributed by atoms with Gasteiger partial charge in [-0.3, -0.25) is 0 Å². The fourth-order valence-electron chi connectivity index (χ4n) is 3.12. The van der Waals surface area contributed by atoms with Crippen molar-refractivity contribution >= 4 is 0 Å². The summed E-state index contributed by atoms with van der Waals surface area (Å²) in [7, 11) is 0. The summed E-state index contributed by atoms with van der Waals surface area (Å²) in [5.41, 5.74) is 1.31. The van der Waals surface area contributed by atoms with Crippen LogP contribution in [0.2, 0.25) is 0 Å². The van der Waals surface area contributed by atoms with Crippen molar-refractivity contribution < 1.29 is 4.74 Å². The summed E-state index contributed by atoms with van der Waals surface area (Å²) in [5, 5.41) is 9.09. The number of hydrogen-bond donors (Lipinski definition) is 0. The van der Waals surface area contributed by atoms with Crippen LogP contribution in [0.4, 0.5) is 0 Å². The number of ether oxygens (including phenoxy) is 1. The molecule has 1 aromatic carbocycles. The maximum absolute atomic E-state index is 9.09. The van der Waals surface area contributed by atoms with Crippen LogP contribution in [0.15, 0.2) is 30.3 Å². The Morgan fingerprint density at radius 2 is 2.11 bits per heavy atom. The maximum atomic E-state index is 9.09. The van der Waals surface area contributed by atoms with Gasteiger partial charge in [-0.15, -0.1) is 0 Å². The highest BCUT2D eigenvalue weighted by molar-refractivity contribution is 5.15. The smallest absolute Gasteiger partial charge is 0.0629 e. The van der Waals surface area contributed by atoms with E-state index in [0.717, 1.165) is 25.9 Å². The molecule has 0 spiro atoms. The quantitative estimate of drug-likeness (QED) is 0.817. The van der Waals surface area contributed by atoms with E-state index in [9.17, 15) is 0 Å². The van der Waals surface area contributed by atoms with E-state index in [2.05, 4.69) is 44.2 Å². The topological polar surface area (TPSA) is 33.0 Å². The first-order chi connectivity index (χ1) is 9.11. The van der Waals surface area contributed by atoms with Crippen molar-refractivity contribution in [2.45, 2.75) is 45.1 Å². The molecule has 1 aliphatic heterocycles. The lowest BCUT2D eigenvalue weighted by molar-refractivity contribution is -0.0821. The minimum absolute atomic E-state index is 0.0344. The van der Waals surface area contributed by atoms with Crippen molar-refractivity contribution in [3.8, 4) is 6.07 Å². The molecule has 1 fully saturated rings. The van der Waals surface area contributed by atoms with E-state index in [1.165, 1.54) is 5.56 Å². The van der Waals surface area contributed by atoms with Crippen molar-refractivity contribution in [1.82, 2.24) is 0 Å². The Labute approximate surface area is 116 Å². The summed E-state index contributed by atoms with van der Waals surface area (Å²) in [6.45, 7) is 5.14. The highest BCUT2D eigenvalue weighted by Crippen LogP contribution is 2.36. The van der Waals surface area contributed by atoms with E-state index in [-0.39, 0.29) is 5.60 Å². The number of rotatable bonds is 4. The first-order valence-electron chi connectivity index (χ1n) is 7.15.